The predicted molar refractivity (Wildman–Crippen MR) is 104 cm³/mol. The van der Waals surface area contributed by atoms with Crippen LogP contribution >= 0.6 is 0 Å². The van der Waals surface area contributed by atoms with Gasteiger partial charge in [0, 0.05) is 32.7 Å². The van der Waals surface area contributed by atoms with Gasteiger partial charge in [0.2, 0.25) is 0 Å². The number of halogens is 1. The minimum Gasteiger partial charge on any atom is -0.410 e. The van der Waals surface area contributed by atoms with Crippen LogP contribution in [0.4, 0.5) is 14.0 Å². The molecule has 0 atom stereocenters. The molecule has 0 unspecified atom stereocenters. The van der Waals surface area contributed by atoms with Crippen LogP contribution < -0.4 is 10.1 Å². The second kappa shape index (κ2) is 9.73. The first-order valence-electron chi connectivity index (χ1n) is 9.41. The SMILES string of the molecule is O=C(NCCc1cccc(F)c1)N1CCCN(C(=O)Oc2ccccc2)CC1. The van der Waals surface area contributed by atoms with Gasteiger partial charge in [-0.3, -0.25) is 0 Å². The van der Waals surface area contributed by atoms with Gasteiger partial charge in [0.1, 0.15) is 11.6 Å². The van der Waals surface area contributed by atoms with Crippen molar-refractivity contribution in [2.45, 2.75) is 12.8 Å². The zero-order valence-corrected chi connectivity index (χ0v) is 15.6. The summed E-state index contributed by atoms with van der Waals surface area (Å²) in [5, 5.41) is 2.86. The molecule has 0 bridgehead atoms. The Morgan fingerprint density at radius 3 is 2.50 bits per heavy atom. The highest BCUT2D eigenvalue weighted by Gasteiger charge is 2.23. The highest BCUT2D eigenvalue weighted by atomic mass is 19.1. The van der Waals surface area contributed by atoms with Gasteiger partial charge in [-0.25, -0.2) is 14.0 Å². The van der Waals surface area contributed by atoms with E-state index in [0.717, 1.165) is 5.56 Å². The summed E-state index contributed by atoms with van der Waals surface area (Å²) in [4.78, 5) is 28.0. The normalized spacial score (nSPS) is 14.3. The predicted octanol–water partition coefficient (Wildman–Crippen LogP) is 3.28. The fraction of sp³-hybridized carbons (Fsp3) is 0.333. The van der Waals surface area contributed by atoms with Crippen molar-refractivity contribution in [3.05, 3.63) is 66.0 Å². The lowest BCUT2D eigenvalue weighted by Gasteiger charge is -2.22. The summed E-state index contributed by atoms with van der Waals surface area (Å²) in [5.74, 6) is 0.225. The summed E-state index contributed by atoms with van der Waals surface area (Å²) in [5.41, 5.74) is 0.839. The van der Waals surface area contributed by atoms with Crippen LogP contribution in [-0.2, 0) is 6.42 Å². The van der Waals surface area contributed by atoms with E-state index >= 15 is 0 Å². The van der Waals surface area contributed by atoms with Gasteiger partial charge in [-0.15, -0.1) is 0 Å². The van der Waals surface area contributed by atoms with Crippen LogP contribution in [0.5, 0.6) is 5.75 Å². The monoisotopic (exact) mass is 385 g/mol. The summed E-state index contributed by atoms with van der Waals surface area (Å²) in [6, 6.07) is 15.1. The lowest BCUT2D eigenvalue weighted by Crippen LogP contribution is -2.43. The van der Waals surface area contributed by atoms with E-state index in [1.807, 2.05) is 12.1 Å². The zero-order valence-electron chi connectivity index (χ0n) is 15.6. The molecule has 148 valence electrons. The van der Waals surface area contributed by atoms with Gasteiger partial charge in [0.15, 0.2) is 0 Å². The van der Waals surface area contributed by atoms with Crippen LogP contribution in [-0.4, -0.2) is 54.6 Å². The van der Waals surface area contributed by atoms with E-state index in [0.29, 0.717) is 51.3 Å². The summed E-state index contributed by atoms with van der Waals surface area (Å²) in [6.07, 6.45) is 0.841. The number of hydrogen-bond donors (Lipinski definition) is 1. The lowest BCUT2D eigenvalue weighted by molar-refractivity contribution is 0.153. The molecule has 1 N–H and O–H groups in total. The summed E-state index contributed by atoms with van der Waals surface area (Å²) in [6.45, 7) is 2.40. The summed E-state index contributed by atoms with van der Waals surface area (Å²) < 4.78 is 18.6. The first-order valence-corrected chi connectivity index (χ1v) is 9.41. The second-order valence-electron chi connectivity index (χ2n) is 6.62. The standard InChI is InChI=1S/C21H24FN3O3/c22-18-7-4-6-17(16-18)10-11-23-20(26)24-12-5-13-25(15-14-24)21(27)28-19-8-2-1-3-9-19/h1-4,6-9,16H,5,10-15H2,(H,23,26). The van der Waals surface area contributed by atoms with E-state index in [4.69, 9.17) is 4.74 Å². The Balaban J connectivity index is 1.43. The molecule has 1 aliphatic rings. The maximum absolute atomic E-state index is 13.2. The minimum atomic E-state index is -0.403. The highest BCUT2D eigenvalue weighted by molar-refractivity contribution is 5.74. The van der Waals surface area contributed by atoms with Gasteiger partial charge in [0.05, 0.1) is 0 Å². The Morgan fingerprint density at radius 1 is 0.964 bits per heavy atom. The fourth-order valence-corrected chi connectivity index (χ4v) is 3.08. The molecular weight excluding hydrogens is 361 g/mol. The molecule has 1 aliphatic heterocycles. The lowest BCUT2D eigenvalue weighted by atomic mass is 10.1. The van der Waals surface area contributed by atoms with Crippen molar-refractivity contribution in [1.29, 1.82) is 0 Å². The summed E-state index contributed by atoms with van der Waals surface area (Å²) >= 11 is 0. The molecule has 0 aromatic heterocycles. The molecule has 2 aromatic carbocycles. The number of ether oxygens (including phenoxy) is 1. The molecule has 0 aliphatic carbocycles. The third kappa shape index (κ3) is 5.70. The largest absolute Gasteiger partial charge is 0.415 e. The van der Waals surface area contributed by atoms with Gasteiger partial charge in [-0.05, 0) is 42.7 Å². The number of nitrogens with one attached hydrogen (secondary N) is 1. The molecule has 0 spiro atoms. The number of benzene rings is 2. The number of para-hydroxylation sites is 1. The van der Waals surface area contributed by atoms with Gasteiger partial charge in [0.25, 0.3) is 0 Å². The van der Waals surface area contributed by atoms with Crippen molar-refractivity contribution in [2.75, 3.05) is 32.7 Å². The number of urea groups is 1. The van der Waals surface area contributed by atoms with Crippen molar-refractivity contribution in [3.8, 4) is 5.75 Å². The van der Waals surface area contributed by atoms with Crippen LogP contribution in [0.1, 0.15) is 12.0 Å². The Labute approximate surface area is 163 Å². The Morgan fingerprint density at radius 2 is 1.71 bits per heavy atom. The quantitative estimate of drug-likeness (QED) is 0.879. The van der Waals surface area contributed by atoms with Crippen molar-refractivity contribution in [1.82, 2.24) is 15.1 Å². The number of carbonyl (C=O) groups excluding carboxylic acids is 2. The maximum atomic E-state index is 13.2. The van der Waals surface area contributed by atoms with Crippen molar-refractivity contribution in [2.24, 2.45) is 0 Å². The second-order valence-corrected chi connectivity index (χ2v) is 6.62. The molecule has 1 fully saturated rings. The topological polar surface area (TPSA) is 61.9 Å². The molecule has 2 aromatic rings. The number of hydrogen-bond acceptors (Lipinski definition) is 3. The average Bonchev–Trinajstić information content (AvgIpc) is 2.95. The third-order valence-electron chi connectivity index (χ3n) is 4.57. The van der Waals surface area contributed by atoms with Gasteiger partial charge in [-0.1, -0.05) is 30.3 Å². The van der Waals surface area contributed by atoms with Crippen LogP contribution in [0.25, 0.3) is 0 Å². The van der Waals surface area contributed by atoms with Gasteiger partial charge < -0.3 is 19.9 Å². The molecular formula is C21H24FN3O3. The molecule has 0 radical (unpaired) electrons. The molecule has 1 heterocycles. The molecule has 6 nitrogen and oxygen atoms in total. The summed E-state index contributed by atoms with van der Waals surface area (Å²) in [7, 11) is 0. The first kappa shape index (κ1) is 19.7. The number of carbonyl (C=O) groups is 2. The minimum absolute atomic E-state index is 0.172. The fourth-order valence-electron chi connectivity index (χ4n) is 3.08. The Bertz CT molecular complexity index is 800. The molecule has 1 saturated heterocycles. The van der Waals surface area contributed by atoms with E-state index in [1.54, 1.807) is 40.1 Å². The van der Waals surface area contributed by atoms with E-state index in [9.17, 15) is 14.0 Å². The van der Waals surface area contributed by atoms with Crippen molar-refractivity contribution < 1.29 is 18.7 Å². The molecule has 3 amide bonds. The molecule has 28 heavy (non-hydrogen) atoms. The van der Waals surface area contributed by atoms with Gasteiger partial charge >= 0.3 is 12.1 Å². The average molecular weight is 385 g/mol. The van der Waals surface area contributed by atoms with E-state index < -0.39 is 6.09 Å². The molecule has 0 saturated carbocycles. The Kier molecular flexibility index (Phi) is 6.84. The zero-order chi connectivity index (χ0) is 19.8. The first-order chi connectivity index (χ1) is 13.6. The van der Waals surface area contributed by atoms with Crippen molar-refractivity contribution in [3.63, 3.8) is 0 Å². The van der Waals surface area contributed by atoms with Crippen LogP contribution in [0, 0.1) is 5.82 Å². The third-order valence-corrected chi connectivity index (χ3v) is 4.57. The Hall–Kier alpha value is -3.09. The van der Waals surface area contributed by atoms with Crippen LogP contribution in [0.15, 0.2) is 54.6 Å². The molecule has 3 rings (SSSR count). The van der Waals surface area contributed by atoms with E-state index in [1.165, 1.54) is 12.1 Å². The van der Waals surface area contributed by atoms with Crippen LogP contribution in [0.3, 0.4) is 0 Å². The maximum Gasteiger partial charge on any atom is 0.415 e. The number of amides is 3. The van der Waals surface area contributed by atoms with E-state index in [2.05, 4.69) is 5.32 Å². The highest BCUT2D eigenvalue weighted by Crippen LogP contribution is 2.12. The van der Waals surface area contributed by atoms with Crippen molar-refractivity contribution >= 4 is 12.1 Å². The molecule has 7 heteroatoms. The smallest absolute Gasteiger partial charge is 0.410 e. The van der Waals surface area contributed by atoms with E-state index in [-0.39, 0.29) is 11.8 Å². The van der Waals surface area contributed by atoms with Crippen LogP contribution in [0.2, 0.25) is 0 Å². The van der Waals surface area contributed by atoms with Gasteiger partial charge in [-0.2, -0.15) is 0 Å². The number of nitrogens with zero attached hydrogens (tertiary/aromatic N) is 2. The number of rotatable bonds is 4.